The highest BCUT2D eigenvalue weighted by molar-refractivity contribution is 6.03. The zero-order chi connectivity index (χ0) is 12.8. The van der Waals surface area contributed by atoms with Crippen LogP contribution in [-0.4, -0.2) is 17.8 Å². The number of nitrogens with two attached hydrogens (primary N) is 1. The first-order valence-corrected chi connectivity index (χ1v) is 4.59. The van der Waals surface area contributed by atoms with Gasteiger partial charge in [0, 0.05) is 17.3 Å². The highest BCUT2D eigenvalue weighted by atomic mass is 16.4. The van der Waals surface area contributed by atoms with Gasteiger partial charge >= 0.3 is 0 Å². The van der Waals surface area contributed by atoms with Gasteiger partial charge in [-0.05, 0) is 24.3 Å². The third-order valence-corrected chi connectivity index (χ3v) is 1.79. The van der Waals surface area contributed by atoms with Gasteiger partial charge in [0.1, 0.15) is 0 Å². The van der Waals surface area contributed by atoms with Crippen molar-refractivity contribution in [3.8, 4) is 0 Å². The number of hydrogen-bond acceptors (Lipinski definition) is 4. The first-order valence-electron chi connectivity index (χ1n) is 4.59. The van der Waals surface area contributed by atoms with Crippen molar-refractivity contribution in [2.75, 3.05) is 5.32 Å². The standard InChI is InChI=1S/C11H10N2O4/c12-11(17)7-2-1-3-8(6-7)13-9(14)4-5-10(15)16/h1-6H,(H2,12,17)(H,13,14)(H,15,16)/p-1/b5-4-. The number of primary amides is 1. The van der Waals surface area contributed by atoms with Gasteiger partial charge in [0.05, 0.1) is 5.97 Å². The highest BCUT2D eigenvalue weighted by Crippen LogP contribution is 2.09. The number of hydrogen-bond donors (Lipinski definition) is 2. The lowest BCUT2D eigenvalue weighted by molar-refractivity contribution is -0.297. The summed E-state index contributed by atoms with van der Waals surface area (Å²) in [5, 5.41) is 12.4. The van der Waals surface area contributed by atoms with Crippen LogP contribution in [0.15, 0.2) is 36.4 Å². The van der Waals surface area contributed by atoms with E-state index < -0.39 is 17.8 Å². The molecule has 0 unspecified atom stereocenters. The zero-order valence-electron chi connectivity index (χ0n) is 8.67. The monoisotopic (exact) mass is 233 g/mol. The number of carbonyl (C=O) groups excluding carboxylic acids is 3. The number of aliphatic carboxylic acids is 1. The lowest BCUT2D eigenvalue weighted by Gasteiger charge is -2.03. The summed E-state index contributed by atoms with van der Waals surface area (Å²) in [6, 6.07) is 5.96. The molecule has 0 aromatic heterocycles. The molecule has 88 valence electrons. The molecule has 0 bridgehead atoms. The van der Waals surface area contributed by atoms with Crippen LogP contribution in [0.4, 0.5) is 5.69 Å². The van der Waals surface area contributed by atoms with E-state index in [1.807, 2.05) is 0 Å². The predicted molar refractivity (Wildman–Crippen MR) is 57.7 cm³/mol. The maximum atomic E-state index is 11.2. The van der Waals surface area contributed by atoms with E-state index in [1.54, 1.807) is 0 Å². The maximum Gasteiger partial charge on any atom is 0.248 e. The number of amides is 2. The Kier molecular flexibility index (Phi) is 3.99. The second kappa shape index (κ2) is 5.45. The Morgan fingerprint density at radius 1 is 1.24 bits per heavy atom. The van der Waals surface area contributed by atoms with Crippen LogP contribution in [-0.2, 0) is 9.59 Å². The topological polar surface area (TPSA) is 112 Å². The Bertz CT molecular complexity index is 494. The lowest BCUT2D eigenvalue weighted by atomic mass is 10.2. The highest BCUT2D eigenvalue weighted by Gasteiger charge is 2.02. The number of benzene rings is 1. The Hall–Kier alpha value is -2.63. The normalized spacial score (nSPS) is 10.1. The van der Waals surface area contributed by atoms with Gasteiger partial charge in [0.15, 0.2) is 0 Å². The molecule has 6 nitrogen and oxygen atoms in total. The van der Waals surface area contributed by atoms with Crippen molar-refractivity contribution in [2.24, 2.45) is 5.73 Å². The Morgan fingerprint density at radius 2 is 1.94 bits per heavy atom. The van der Waals surface area contributed by atoms with E-state index in [2.05, 4.69) is 5.32 Å². The van der Waals surface area contributed by atoms with E-state index in [9.17, 15) is 19.5 Å². The summed E-state index contributed by atoms with van der Waals surface area (Å²) in [5.41, 5.74) is 5.64. The van der Waals surface area contributed by atoms with Crippen LogP contribution in [0, 0.1) is 0 Å². The van der Waals surface area contributed by atoms with Gasteiger partial charge < -0.3 is 21.0 Å². The fourth-order valence-corrected chi connectivity index (χ4v) is 1.08. The van der Waals surface area contributed by atoms with Crippen LogP contribution < -0.4 is 16.2 Å². The molecule has 17 heavy (non-hydrogen) atoms. The summed E-state index contributed by atoms with van der Waals surface area (Å²) in [6.07, 6.45) is 1.42. The summed E-state index contributed by atoms with van der Waals surface area (Å²) in [4.78, 5) is 32.1. The number of carboxylic acids is 1. The average Bonchev–Trinajstić information content (AvgIpc) is 2.26. The van der Waals surface area contributed by atoms with Crippen LogP contribution in [0.2, 0.25) is 0 Å². The van der Waals surface area contributed by atoms with Crippen molar-refractivity contribution < 1.29 is 19.5 Å². The molecule has 0 aliphatic heterocycles. The van der Waals surface area contributed by atoms with Crippen LogP contribution in [0.25, 0.3) is 0 Å². The van der Waals surface area contributed by atoms with E-state index in [1.165, 1.54) is 24.3 Å². The van der Waals surface area contributed by atoms with Gasteiger partial charge in [-0.3, -0.25) is 9.59 Å². The number of carbonyl (C=O) groups is 3. The average molecular weight is 233 g/mol. The van der Waals surface area contributed by atoms with Gasteiger partial charge in [-0.2, -0.15) is 0 Å². The molecule has 0 radical (unpaired) electrons. The Morgan fingerprint density at radius 3 is 2.53 bits per heavy atom. The van der Waals surface area contributed by atoms with Crippen molar-refractivity contribution in [3.05, 3.63) is 42.0 Å². The van der Waals surface area contributed by atoms with Crippen LogP contribution in [0.3, 0.4) is 0 Å². The minimum absolute atomic E-state index is 0.242. The molecule has 0 spiro atoms. The summed E-state index contributed by atoms with van der Waals surface area (Å²) in [6.45, 7) is 0. The fourth-order valence-electron chi connectivity index (χ4n) is 1.08. The van der Waals surface area contributed by atoms with E-state index in [0.29, 0.717) is 11.8 Å². The molecule has 1 aromatic rings. The minimum atomic E-state index is -1.47. The van der Waals surface area contributed by atoms with Crippen molar-refractivity contribution >= 4 is 23.5 Å². The van der Waals surface area contributed by atoms with Crippen LogP contribution in [0.5, 0.6) is 0 Å². The molecular formula is C11H9N2O4-. The first-order chi connectivity index (χ1) is 7.99. The molecular weight excluding hydrogens is 224 g/mol. The molecule has 3 N–H and O–H groups in total. The molecule has 0 aliphatic carbocycles. The van der Waals surface area contributed by atoms with Gasteiger partial charge in [0.25, 0.3) is 0 Å². The molecule has 0 aliphatic rings. The second-order valence-corrected chi connectivity index (χ2v) is 3.09. The predicted octanol–water partition coefficient (Wildman–Crippen LogP) is -0.970. The van der Waals surface area contributed by atoms with E-state index in [-0.39, 0.29) is 5.56 Å². The van der Waals surface area contributed by atoms with Crippen LogP contribution >= 0.6 is 0 Å². The summed E-state index contributed by atoms with van der Waals surface area (Å²) >= 11 is 0. The second-order valence-electron chi connectivity index (χ2n) is 3.09. The van der Waals surface area contributed by atoms with Gasteiger partial charge in [-0.15, -0.1) is 0 Å². The molecule has 0 saturated heterocycles. The summed E-state index contributed by atoms with van der Waals surface area (Å²) in [5.74, 6) is -2.73. The molecule has 0 saturated carbocycles. The van der Waals surface area contributed by atoms with E-state index in [4.69, 9.17) is 5.73 Å². The smallest absolute Gasteiger partial charge is 0.248 e. The van der Waals surface area contributed by atoms with Crippen molar-refractivity contribution in [1.82, 2.24) is 0 Å². The van der Waals surface area contributed by atoms with Crippen molar-refractivity contribution in [3.63, 3.8) is 0 Å². The van der Waals surface area contributed by atoms with Gasteiger partial charge in [-0.25, -0.2) is 0 Å². The van der Waals surface area contributed by atoms with Gasteiger partial charge in [-0.1, -0.05) is 6.07 Å². The molecule has 0 heterocycles. The Balaban J connectivity index is 2.75. The molecule has 2 amide bonds. The third-order valence-electron chi connectivity index (χ3n) is 1.79. The lowest BCUT2D eigenvalue weighted by Crippen LogP contribution is -2.20. The molecule has 1 aromatic carbocycles. The Labute approximate surface area is 96.7 Å². The minimum Gasteiger partial charge on any atom is -0.545 e. The number of anilines is 1. The number of rotatable bonds is 4. The largest absolute Gasteiger partial charge is 0.545 e. The fraction of sp³-hybridized carbons (Fsp3) is 0. The molecule has 0 atom stereocenters. The maximum absolute atomic E-state index is 11.2. The molecule has 1 rings (SSSR count). The number of carboxylic acid groups (broad SMARTS) is 1. The van der Waals surface area contributed by atoms with Crippen molar-refractivity contribution in [1.29, 1.82) is 0 Å². The third kappa shape index (κ3) is 4.17. The van der Waals surface area contributed by atoms with E-state index >= 15 is 0 Å². The molecule has 6 heteroatoms. The summed E-state index contributed by atoms with van der Waals surface area (Å²) in [7, 11) is 0. The number of nitrogens with one attached hydrogen (secondary N) is 1. The quantitative estimate of drug-likeness (QED) is 0.651. The first kappa shape index (κ1) is 12.4. The van der Waals surface area contributed by atoms with E-state index in [0.717, 1.165) is 6.08 Å². The molecule has 0 fully saturated rings. The zero-order valence-corrected chi connectivity index (χ0v) is 8.67. The van der Waals surface area contributed by atoms with Crippen molar-refractivity contribution in [2.45, 2.75) is 0 Å². The summed E-state index contributed by atoms with van der Waals surface area (Å²) < 4.78 is 0. The SMILES string of the molecule is NC(=O)c1cccc(NC(=O)/C=C\C(=O)[O-])c1. The van der Waals surface area contributed by atoms with Gasteiger partial charge in [0.2, 0.25) is 11.8 Å². The van der Waals surface area contributed by atoms with Crippen LogP contribution in [0.1, 0.15) is 10.4 Å².